The van der Waals surface area contributed by atoms with E-state index in [9.17, 15) is 27.6 Å². The van der Waals surface area contributed by atoms with Gasteiger partial charge in [0.25, 0.3) is 11.5 Å². The lowest BCUT2D eigenvalue weighted by atomic mass is 10.0. The summed E-state index contributed by atoms with van der Waals surface area (Å²) >= 11 is 7.33. The number of carbonyl (C=O) groups excluding carboxylic acids is 3. The molecule has 0 saturated heterocycles. The summed E-state index contributed by atoms with van der Waals surface area (Å²) in [5, 5.41) is 4.46. The Balaban J connectivity index is 2.24. The summed E-state index contributed by atoms with van der Waals surface area (Å²) in [6, 6.07) is 10.3. The zero-order chi connectivity index (χ0) is 23.4. The van der Waals surface area contributed by atoms with Gasteiger partial charge in [-0.05, 0) is 37.3 Å². The molecule has 2 aromatic rings. The number of primary amides is 1. The Morgan fingerprint density at radius 3 is 2.26 bits per heavy atom. The Bertz CT molecular complexity index is 1020. The topological polar surface area (TPSA) is 111 Å². The average Bonchev–Trinajstić information content (AvgIpc) is 2.63. The van der Waals surface area contributed by atoms with Gasteiger partial charge in [0.2, 0.25) is 0 Å². The molecule has 0 aliphatic carbocycles. The van der Waals surface area contributed by atoms with Gasteiger partial charge in [-0.3, -0.25) is 9.59 Å². The fourth-order valence-corrected chi connectivity index (χ4v) is 3.58. The van der Waals surface area contributed by atoms with Crippen molar-refractivity contribution in [2.45, 2.75) is 35.4 Å². The number of hydrogen-bond donors (Lipinski definition) is 3. The number of halogens is 4. The summed E-state index contributed by atoms with van der Waals surface area (Å²) in [6.45, 7) is 1.21. The van der Waals surface area contributed by atoms with Gasteiger partial charge >= 0.3 is 18.2 Å². The number of benzene rings is 2. The van der Waals surface area contributed by atoms with Gasteiger partial charge in [0.05, 0.1) is 16.4 Å². The molecule has 2 aromatic carbocycles. The van der Waals surface area contributed by atoms with Crippen LogP contribution in [0.5, 0.6) is 0 Å². The minimum atomic E-state index is -5.15. The van der Waals surface area contributed by atoms with Crippen LogP contribution in [0, 0.1) is 0 Å². The maximum Gasteiger partial charge on any atom is 0.437 e. The van der Waals surface area contributed by atoms with Crippen LogP contribution in [0.4, 0.5) is 29.3 Å². The van der Waals surface area contributed by atoms with Crippen molar-refractivity contribution in [3.05, 3.63) is 47.5 Å². The average molecular weight is 476 g/mol. The monoisotopic (exact) mass is 475 g/mol. The van der Waals surface area contributed by atoms with Crippen molar-refractivity contribution in [1.82, 2.24) is 0 Å². The number of ether oxygens (including phenoxy) is 1. The van der Waals surface area contributed by atoms with Crippen LogP contribution in [0.3, 0.4) is 0 Å². The van der Waals surface area contributed by atoms with E-state index >= 15 is 0 Å². The quantitative estimate of drug-likeness (QED) is 0.519. The van der Waals surface area contributed by atoms with Gasteiger partial charge in [0.1, 0.15) is 0 Å². The van der Waals surface area contributed by atoms with E-state index in [1.54, 1.807) is 24.3 Å². The first-order chi connectivity index (χ1) is 14.3. The van der Waals surface area contributed by atoms with E-state index in [0.717, 1.165) is 6.92 Å². The molecule has 12 heteroatoms. The van der Waals surface area contributed by atoms with E-state index < -0.39 is 29.7 Å². The first-order valence-corrected chi connectivity index (χ1v) is 9.73. The standard InChI is InChI=1S/C19H17ClF3N3O4S/c1-10(27)30-18(2,19(21,22)23)16(28)25-13-8-7-11(9-12(13)20)31-15-6-4-3-5-14(15)26-17(24)29/h3-9H,1-2H3,(H,25,28)(H3,24,26,29). The molecule has 0 aliphatic rings. The molecule has 0 saturated carbocycles. The molecule has 4 N–H and O–H groups in total. The molecule has 0 heterocycles. The molecule has 0 spiro atoms. The van der Waals surface area contributed by atoms with E-state index in [0.29, 0.717) is 22.4 Å². The first kappa shape index (κ1) is 24.4. The lowest BCUT2D eigenvalue weighted by Gasteiger charge is -2.29. The van der Waals surface area contributed by atoms with Crippen LogP contribution in [0.2, 0.25) is 5.02 Å². The van der Waals surface area contributed by atoms with Gasteiger partial charge in [-0.25, -0.2) is 4.79 Å². The highest BCUT2D eigenvalue weighted by molar-refractivity contribution is 7.99. The number of alkyl halides is 3. The van der Waals surface area contributed by atoms with Gasteiger partial charge in [-0.2, -0.15) is 13.2 Å². The zero-order valence-corrected chi connectivity index (χ0v) is 17.7. The molecule has 1 atom stereocenters. The van der Waals surface area contributed by atoms with E-state index in [1.165, 1.54) is 30.0 Å². The third kappa shape index (κ3) is 6.05. The van der Waals surface area contributed by atoms with Crippen LogP contribution in [0.15, 0.2) is 52.3 Å². The maximum atomic E-state index is 13.3. The van der Waals surface area contributed by atoms with Crippen molar-refractivity contribution in [2.24, 2.45) is 5.73 Å². The minimum Gasteiger partial charge on any atom is -0.439 e. The predicted molar refractivity (Wildman–Crippen MR) is 110 cm³/mol. The van der Waals surface area contributed by atoms with Gasteiger partial charge in [-0.1, -0.05) is 35.5 Å². The van der Waals surface area contributed by atoms with Crippen molar-refractivity contribution < 1.29 is 32.3 Å². The van der Waals surface area contributed by atoms with Crippen molar-refractivity contribution in [1.29, 1.82) is 0 Å². The second-order valence-electron chi connectivity index (χ2n) is 6.31. The number of hydrogen-bond acceptors (Lipinski definition) is 5. The highest BCUT2D eigenvalue weighted by Gasteiger charge is 2.60. The molecular weight excluding hydrogens is 459 g/mol. The summed E-state index contributed by atoms with van der Waals surface area (Å²) in [6.07, 6.45) is -5.15. The molecule has 31 heavy (non-hydrogen) atoms. The lowest BCUT2D eigenvalue weighted by Crippen LogP contribution is -2.55. The van der Waals surface area contributed by atoms with E-state index in [2.05, 4.69) is 10.1 Å². The first-order valence-electron chi connectivity index (χ1n) is 8.54. The summed E-state index contributed by atoms with van der Waals surface area (Å²) in [5.74, 6) is -2.87. The Kier molecular flexibility index (Phi) is 7.45. The van der Waals surface area contributed by atoms with Crippen LogP contribution in [0.1, 0.15) is 13.8 Å². The fourth-order valence-electron chi connectivity index (χ4n) is 2.34. The number of rotatable bonds is 6. The number of urea groups is 1. The molecule has 0 aromatic heterocycles. The third-order valence-corrected chi connectivity index (χ3v) is 5.26. The summed E-state index contributed by atoms with van der Waals surface area (Å²) < 4.78 is 44.3. The highest BCUT2D eigenvalue weighted by atomic mass is 35.5. The van der Waals surface area contributed by atoms with Gasteiger partial charge in [0.15, 0.2) is 0 Å². The molecule has 0 aliphatic heterocycles. The summed E-state index contributed by atoms with van der Waals surface area (Å²) in [5.41, 5.74) is 2.09. The number of nitrogens with two attached hydrogens (primary N) is 1. The number of esters is 1. The molecule has 7 nitrogen and oxygen atoms in total. The second-order valence-corrected chi connectivity index (χ2v) is 7.83. The van der Waals surface area contributed by atoms with Gasteiger partial charge < -0.3 is 21.1 Å². The van der Waals surface area contributed by atoms with Crippen molar-refractivity contribution in [3.8, 4) is 0 Å². The van der Waals surface area contributed by atoms with E-state index in [1.807, 2.05) is 5.32 Å². The molecule has 0 bridgehead atoms. The Morgan fingerprint density at radius 2 is 1.71 bits per heavy atom. The Morgan fingerprint density at radius 1 is 1.06 bits per heavy atom. The van der Waals surface area contributed by atoms with Crippen LogP contribution in [-0.4, -0.2) is 29.7 Å². The third-order valence-electron chi connectivity index (χ3n) is 3.88. The van der Waals surface area contributed by atoms with Gasteiger partial charge in [0, 0.05) is 16.7 Å². The number of carbonyl (C=O) groups is 3. The highest BCUT2D eigenvalue weighted by Crippen LogP contribution is 2.38. The van der Waals surface area contributed by atoms with Crippen molar-refractivity contribution in [2.75, 3.05) is 10.6 Å². The number of para-hydroxylation sites is 1. The van der Waals surface area contributed by atoms with E-state index in [-0.39, 0.29) is 10.7 Å². The molecule has 0 fully saturated rings. The molecule has 1 unspecified atom stereocenters. The zero-order valence-electron chi connectivity index (χ0n) is 16.2. The molecule has 3 amide bonds. The fraction of sp³-hybridized carbons (Fsp3) is 0.211. The predicted octanol–water partition coefficient (Wildman–Crippen LogP) is 4.80. The normalized spacial score (nSPS) is 13.1. The van der Waals surface area contributed by atoms with Crippen LogP contribution in [-0.2, 0) is 14.3 Å². The summed E-state index contributed by atoms with van der Waals surface area (Å²) in [4.78, 5) is 35.7. The van der Waals surface area contributed by atoms with Gasteiger partial charge in [-0.15, -0.1) is 0 Å². The molecule has 0 radical (unpaired) electrons. The molecular formula is C19H17ClF3N3O4S. The lowest BCUT2D eigenvalue weighted by molar-refractivity contribution is -0.253. The maximum absolute atomic E-state index is 13.3. The number of nitrogens with one attached hydrogen (secondary N) is 2. The molecule has 2 rings (SSSR count). The van der Waals surface area contributed by atoms with Crippen LogP contribution >= 0.6 is 23.4 Å². The Labute approximate surface area is 184 Å². The van der Waals surface area contributed by atoms with Crippen molar-refractivity contribution >= 4 is 52.6 Å². The minimum absolute atomic E-state index is 0.0500. The number of anilines is 2. The van der Waals surface area contributed by atoms with Crippen molar-refractivity contribution in [3.63, 3.8) is 0 Å². The SMILES string of the molecule is CC(=O)OC(C)(C(=O)Nc1ccc(Sc2ccccc2NC(N)=O)cc1Cl)C(F)(F)F. The Hall–Kier alpha value is -2.92. The van der Waals surface area contributed by atoms with Crippen LogP contribution < -0.4 is 16.4 Å². The number of amides is 3. The second kappa shape index (κ2) is 9.48. The largest absolute Gasteiger partial charge is 0.439 e. The molecule has 166 valence electrons. The summed E-state index contributed by atoms with van der Waals surface area (Å²) in [7, 11) is 0. The van der Waals surface area contributed by atoms with Crippen LogP contribution in [0.25, 0.3) is 0 Å². The smallest absolute Gasteiger partial charge is 0.437 e. The van der Waals surface area contributed by atoms with E-state index in [4.69, 9.17) is 17.3 Å².